The van der Waals surface area contributed by atoms with Crippen LogP contribution in [0.25, 0.3) is 0 Å². The Morgan fingerprint density at radius 3 is 2.82 bits per heavy atom. The average molecular weight is 244 g/mol. The van der Waals surface area contributed by atoms with E-state index in [4.69, 9.17) is 9.84 Å². The van der Waals surface area contributed by atoms with Crippen LogP contribution in [-0.4, -0.2) is 66.3 Å². The summed E-state index contributed by atoms with van der Waals surface area (Å²) in [4.78, 5) is 26.0. The van der Waals surface area contributed by atoms with Crippen LogP contribution in [0.15, 0.2) is 0 Å². The molecule has 1 unspecified atom stereocenters. The first-order valence-electron chi connectivity index (χ1n) is 5.87. The molecule has 1 aliphatic heterocycles. The number of urea groups is 1. The third kappa shape index (κ3) is 3.89. The highest BCUT2D eigenvalue weighted by atomic mass is 16.5. The molecule has 1 rings (SSSR count). The standard InChI is InChI=1S/C11H20N2O4/c1-3-4-12(2)11(16)13-5-6-17-8-9(13)7-10(14)15/h9H,3-8H2,1-2H3,(H,14,15). The van der Waals surface area contributed by atoms with Gasteiger partial charge < -0.3 is 19.6 Å². The highest BCUT2D eigenvalue weighted by molar-refractivity contribution is 5.76. The van der Waals surface area contributed by atoms with Crippen LogP contribution >= 0.6 is 0 Å². The van der Waals surface area contributed by atoms with Crippen LogP contribution in [0.4, 0.5) is 4.79 Å². The quantitative estimate of drug-likeness (QED) is 0.787. The van der Waals surface area contributed by atoms with Gasteiger partial charge in [-0.25, -0.2) is 4.79 Å². The molecule has 98 valence electrons. The van der Waals surface area contributed by atoms with E-state index in [1.165, 1.54) is 0 Å². The lowest BCUT2D eigenvalue weighted by molar-refractivity contribution is -0.139. The molecule has 0 bridgehead atoms. The first-order valence-corrected chi connectivity index (χ1v) is 5.87. The molecule has 2 amide bonds. The minimum atomic E-state index is -0.906. The second kappa shape index (κ2) is 6.44. The second-order valence-electron chi connectivity index (χ2n) is 4.22. The Morgan fingerprint density at radius 2 is 2.24 bits per heavy atom. The van der Waals surface area contributed by atoms with Crippen LogP contribution in [0.5, 0.6) is 0 Å². The van der Waals surface area contributed by atoms with E-state index in [0.717, 1.165) is 6.42 Å². The van der Waals surface area contributed by atoms with E-state index in [2.05, 4.69) is 0 Å². The maximum atomic E-state index is 12.1. The Labute approximate surface area is 101 Å². The Kier molecular flexibility index (Phi) is 5.21. The van der Waals surface area contributed by atoms with Crippen LogP contribution < -0.4 is 0 Å². The number of carbonyl (C=O) groups is 2. The van der Waals surface area contributed by atoms with Crippen LogP contribution in [-0.2, 0) is 9.53 Å². The molecule has 6 nitrogen and oxygen atoms in total. The van der Waals surface area contributed by atoms with Crippen LogP contribution in [0.2, 0.25) is 0 Å². The lowest BCUT2D eigenvalue weighted by atomic mass is 10.1. The number of rotatable bonds is 4. The first kappa shape index (κ1) is 13.8. The minimum absolute atomic E-state index is 0.0638. The molecule has 0 aromatic carbocycles. The summed E-state index contributed by atoms with van der Waals surface area (Å²) in [5.74, 6) is -0.906. The van der Waals surface area contributed by atoms with Gasteiger partial charge in [-0.15, -0.1) is 0 Å². The number of aliphatic carboxylic acids is 1. The van der Waals surface area contributed by atoms with Crippen LogP contribution in [0, 0.1) is 0 Å². The fraction of sp³-hybridized carbons (Fsp3) is 0.818. The zero-order valence-electron chi connectivity index (χ0n) is 10.4. The Bertz CT molecular complexity index is 283. The van der Waals surface area contributed by atoms with E-state index in [-0.39, 0.29) is 18.5 Å². The summed E-state index contributed by atoms with van der Waals surface area (Å²) in [6.45, 7) is 3.92. The van der Waals surface area contributed by atoms with Gasteiger partial charge in [-0.3, -0.25) is 4.79 Å². The number of ether oxygens (including phenoxy) is 1. The Morgan fingerprint density at radius 1 is 1.53 bits per heavy atom. The van der Waals surface area contributed by atoms with E-state index in [1.54, 1.807) is 16.8 Å². The molecule has 1 saturated heterocycles. The van der Waals surface area contributed by atoms with Crippen molar-refractivity contribution in [2.45, 2.75) is 25.8 Å². The van der Waals surface area contributed by atoms with Gasteiger partial charge in [0.25, 0.3) is 0 Å². The van der Waals surface area contributed by atoms with Crippen molar-refractivity contribution in [3.05, 3.63) is 0 Å². The predicted octanol–water partition coefficient (Wildman–Crippen LogP) is 0.624. The lowest BCUT2D eigenvalue weighted by Crippen LogP contribution is -2.53. The van der Waals surface area contributed by atoms with Crippen molar-refractivity contribution in [1.29, 1.82) is 0 Å². The molecule has 1 aliphatic rings. The van der Waals surface area contributed by atoms with E-state index in [9.17, 15) is 9.59 Å². The first-order chi connectivity index (χ1) is 8.06. The monoisotopic (exact) mass is 244 g/mol. The maximum Gasteiger partial charge on any atom is 0.320 e. The number of carbonyl (C=O) groups excluding carboxylic acids is 1. The molecule has 0 spiro atoms. The predicted molar refractivity (Wildman–Crippen MR) is 61.9 cm³/mol. The smallest absolute Gasteiger partial charge is 0.320 e. The summed E-state index contributed by atoms with van der Waals surface area (Å²) in [5, 5.41) is 8.80. The number of carboxylic acid groups (broad SMARTS) is 1. The van der Waals surface area contributed by atoms with Gasteiger partial charge in [-0.2, -0.15) is 0 Å². The van der Waals surface area contributed by atoms with Crippen molar-refractivity contribution in [2.24, 2.45) is 0 Å². The number of amides is 2. The summed E-state index contributed by atoms with van der Waals surface area (Å²) < 4.78 is 5.23. The van der Waals surface area contributed by atoms with Crippen LogP contribution in [0.3, 0.4) is 0 Å². The van der Waals surface area contributed by atoms with Crippen molar-refractivity contribution < 1.29 is 19.4 Å². The minimum Gasteiger partial charge on any atom is -0.481 e. The summed E-state index contributed by atoms with van der Waals surface area (Å²) in [5.41, 5.74) is 0. The summed E-state index contributed by atoms with van der Waals surface area (Å²) >= 11 is 0. The fourth-order valence-corrected chi connectivity index (χ4v) is 1.93. The molecule has 0 aromatic rings. The molecular weight excluding hydrogens is 224 g/mol. The lowest BCUT2D eigenvalue weighted by Gasteiger charge is -2.37. The van der Waals surface area contributed by atoms with Gasteiger partial charge in [0.15, 0.2) is 0 Å². The highest BCUT2D eigenvalue weighted by Gasteiger charge is 2.30. The largest absolute Gasteiger partial charge is 0.481 e. The van der Waals surface area contributed by atoms with E-state index in [1.807, 2.05) is 6.92 Å². The molecule has 0 aliphatic carbocycles. The van der Waals surface area contributed by atoms with Crippen molar-refractivity contribution in [1.82, 2.24) is 9.80 Å². The maximum absolute atomic E-state index is 12.1. The third-order valence-electron chi connectivity index (χ3n) is 2.77. The van der Waals surface area contributed by atoms with Crippen molar-refractivity contribution in [2.75, 3.05) is 33.4 Å². The topological polar surface area (TPSA) is 70.1 Å². The zero-order valence-corrected chi connectivity index (χ0v) is 10.4. The number of nitrogens with zero attached hydrogens (tertiary/aromatic N) is 2. The number of morpholine rings is 1. The molecule has 1 fully saturated rings. The van der Waals surface area contributed by atoms with Crippen molar-refractivity contribution >= 4 is 12.0 Å². The van der Waals surface area contributed by atoms with Gasteiger partial charge >= 0.3 is 12.0 Å². The molecule has 6 heteroatoms. The summed E-state index contributed by atoms with van der Waals surface area (Å²) in [6.07, 6.45) is 0.821. The van der Waals surface area contributed by atoms with Gasteiger partial charge in [0.05, 0.1) is 25.7 Å². The summed E-state index contributed by atoms with van der Waals surface area (Å²) in [7, 11) is 1.74. The zero-order chi connectivity index (χ0) is 12.8. The number of carboxylic acids is 1. The van der Waals surface area contributed by atoms with Gasteiger partial charge in [-0.1, -0.05) is 6.92 Å². The van der Waals surface area contributed by atoms with Crippen molar-refractivity contribution in [3.63, 3.8) is 0 Å². The molecule has 0 radical (unpaired) electrons. The average Bonchev–Trinajstić information content (AvgIpc) is 2.28. The number of hydrogen-bond acceptors (Lipinski definition) is 3. The Balaban J connectivity index is 2.63. The SMILES string of the molecule is CCCN(C)C(=O)N1CCOCC1CC(=O)O. The van der Waals surface area contributed by atoms with E-state index < -0.39 is 5.97 Å². The second-order valence-corrected chi connectivity index (χ2v) is 4.22. The molecular formula is C11H20N2O4. The normalized spacial score (nSPS) is 20.1. The van der Waals surface area contributed by atoms with Gasteiger partial charge in [0.1, 0.15) is 0 Å². The molecule has 1 atom stereocenters. The van der Waals surface area contributed by atoms with Gasteiger partial charge in [0, 0.05) is 20.1 Å². The molecule has 1 heterocycles. The molecule has 0 saturated carbocycles. The Hall–Kier alpha value is -1.30. The molecule has 0 aromatic heterocycles. The third-order valence-corrected chi connectivity index (χ3v) is 2.77. The van der Waals surface area contributed by atoms with Crippen molar-refractivity contribution in [3.8, 4) is 0 Å². The van der Waals surface area contributed by atoms with Gasteiger partial charge in [-0.05, 0) is 6.42 Å². The molecule has 1 N–H and O–H groups in total. The molecule has 17 heavy (non-hydrogen) atoms. The van der Waals surface area contributed by atoms with Crippen LogP contribution in [0.1, 0.15) is 19.8 Å². The number of hydrogen-bond donors (Lipinski definition) is 1. The summed E-state index contributed by atoms with van der Waals surface area (Å²) in [6, 6.07) is -0.463. The van der Waals surface area contributed by atoms with Gasteiger partial charge in [0.2, 0.25) is 0 Å². The fourth-order valence-electron chi connectivity index (χ4n) is 1.93. The van der Waals surface area contributed by atoms with E-state index in [0.29, 0.717) is 26.3 Å². The van der Waals surface area contributed by atoms with E-state index >= 15 is 0 Å². The highest BCUT2D eigenvalue weighted by Crippen LogP contribution is 2.13.